The van der Waals surface area contributed by atoms with Crippen LogP contribution in [0.3, 0.4) is 0 Å². The van der Waals surface area contributed by atoms with E-state index in [2.05, 4.69) is 4.98 Å². The number of halogens is 3. The molecule has 0 aliphatic rings. The van der Waals surface area contributed by atoms with Crippen molar-refractivity contribution in [3.05, 3.63) is 23.5 Å². The summed E-state index contributed by atoms with van der Waals surface area (Å²) in [5, 5.41) is 9.00. The fraction of sp³-hybridized carbons (Fsp3) is 0.375. The third-order valence-electron chi connectivity index (χ3n) is 1.63. The van der Waals surface area contributed by atoms with Crippen molar-refractivity contribution in [1.82, 2.24) is 4.98 Å². The number of alkyl halides is 3. The van der Waals surface area contributed by atoms with Crippen LogP contribution in [0.25, 0.3) is 0 Å². The van der Waals surface area contributed by atoms with E-state index in [0.717, 1.165) is 12.3 Å². The number of hydrogen-bond donors (Lipinski definition) is 1. The molecule has 1 aromatic rings. The molecule has 5 heteroatoms. The van der Waals surface area contributed by atoms with Crippen LogP contribution in [0.4, 0.5) is 13.2 Å². The van der Waals surface area contributed by atoms with Gasteiger partial charge in [0.25, 0.3) is 0 Å². The van der Waals surface area contributed by atoms with Crippen molar-refractivity contribution in [2.45, 2.75) is 19.5 Å². The lowest BCUT2D eigenvalue weighted by Crippen LogP contribution is -2.10. The molecular weight excluding hydrogens is 183 g/mol. The Morgan fingerprint density at radius 1 is 1.46 bits per heavy atom. The molecule has 13 heavy (non-hydrogen) atoms. The van der Waals surface area contributed by atoms with Gasteiger partial charge in [0.1, 0.15) is 11.3 Å². The van der Waals surface area contributed by atoms with Crippen molar-refractivity contribution in [3.8, 4) is 5.75 Å². The first-order valence-corrected chi connectivity index (χ1v) is 3.71. The molecule has 0 aromatic carbocycles. The van der Waals surface area contributed by atoms with Gasteiger partial charge in [-0.15, -0.1) is 0 Å². The highest BCUT2D eigenvalue weighted by molar-refractivity contribution is 5.36. The molecule has 0 amide bonds. The number of hydrogen-bond acceptors (Lipinski definition) is 2. The minimum absolute atomic E-state index is 0.132. The highest BCUT2D eigenvalue weighted by atomic mass is 19.4. The SMILES string of the molecule is CCc1nccc(O)c1C(F)(F)F. The van der Waals surface area contributed by atoms with Gasteiger partial charge in [-0.05, 0) is 12.5 Å². The first-order valence-electron chi connectivity index (χ1n) is 3.71. The van der Waals surface area contributed by atoms with Crippen LogP contribution in [0.5, 0.6) is 5.75 Å². The normalized spacial score (nSPS) is 11.7. The minimum atomic E-state index is -4.54. The highest BCUT2D eigenvalue weighted by Gasteiger charge is 2.36. The van der Waals surface area contributed by atoms with Crippen LogP contribution in [0, 0.1) is 0 Å². The summed E-state index contributed by atoms with van der Waals surface area (Å²) >= 11 is 0. The Balaban J connectivity index is 3.32. The van der Waals surface area contributed by atoms with E-state index in [9.17, 15) is 13.2 Å². The third kappa shape index (κ3) is 1.91. The molecule has 0 fully saturated rings. The van der Waals surface area contributed by atoms with E-state index in [0.29, 0.717) is 0 Å². The minimum Gasteiger partial charge on any atom is -0.507 e. The maximum atomic E-state index is 12.3. The van der Waals surface area contributed by atoms with Crippen LogP contribution in [-0.4, -0.2) is 10.1 Å². The molecular formula is C8H8F3NO. The molecule has 0 aliphatic heterocycles. The Bertz CT molecular complexity index is 309. The van der Waals surface area contributed by atoms with Crippen LogP contribution in [0.15, 0.2) is 12.3 Å². The Morgan fingerprint density at radius 3 is 2.46 bits per heavy atom. The topological polar surface area (TPSA) is 33.1 Å². The van der Waals surface area contributed by atoms with Crippen molar-refractivity contribution in [2.75, 3.05) is 0 Å². The summed E-state index contributed by atoms with van der Waals surface area (Å²) < 4.78 is 36.9. The zero-order chi connectivity index (χ0) is 10.1. The maximum absolute atomic E-state index is 12.3. The first-order chi connectivity index (χ1) is 5.96. The van der Waals surface area contributed by atoms with E-state index >= 15 is 0 Å². The zero-order valence-corrected chi connectivity index (χ0v) is 6.89. The van der Waals surface area contributed by atoms with E-state index < -0.39 is 17.5 Å². The zero-order valence-electron chi connectivity index (χ0n) is 6.89. The lowest BCUT2D eigenvalue weighted by molar-refractivity contribution is -0.139. The molecule has 1 rings (SSSR count). The summed E-state index contributed by atoms with van der Waals surface area (Å²) in [6.07, 6.45) is -3.24. The smallest absolute Gasteiger partial charge is 0.421 e. The molecule has 0 bridgehead atoms. The lowest BCUT2D eigenvalue weighted by atomic mass is 10.1. The molecule has 1 aromatic heterocycles. The molecule has 0 radical (unpaired) electrons. The van der Waals surface area contributed by atoms with Crippen molar-refractivity contribution < 1.29 is 18.3 Å². The fourth-order valence-corrected chi connectivity index (χ4v) is 1.07. The second kappa shape index (κ2) is 3.24. The Hall–Kier alpha value is -1.26. The van der Waals surface area contributed by atoms with E-state index in [4.69, 9.17) is 5.11 Å². The summed E-state index contributed by atoms with van der Waals surface area (Å²) in [7, 11) is 0. The van der Waals surface area contributed by atoms with Crippen LogP contribution < -0.4 is 0 Å². The van der Waals surface area contributed by atoms with Gasteiger partial charge in [0.15, 0.2) is 0 Å². The molecule has 1 N–H and O–H groups in total. The van der Waals surface area contributed by atoms with Gasteiger partial charge < -0.3 is 5.11 Å². The molecule has 0 unspecified atom stereocenters. The monoisotopic (exact) mass is 191 g/mol. The molecule has 2 nitrogen and oxygen atoms in total. The van der Waals surface area contributed by atoms with E-state index in [1.54, 1.807) is 6.92 Å². The average molecular weight is 191 g/mol. The number of pyridine rings is 1. The molecule has 0 spiro atoms. The summed E-state index contributed by atoms with van der Waals surface area (Å²) in [5.41, 5.74) is -1.16. The van der Waals surface area contributed by atoms with Crippen LogP contribution in [-0.2, 0) is 12.6 Å². The summed E-state index contributed by atoms with van der Waals surface area (Å²) in [6, 6.07) is 0.933. The van der Waals surface area contributed by atoms with Crippen molar-refractivity contribution >= 4 is 0 Å². The van der Waals surface area contributed by atoms with Crippen molar-refractivity contribution in [2.24, 2.45) is 0 Å². The molecule has 0 aliphatic carbocycles. The van der Waals surface area contributed by atoms with E-state index in [-0.39, 0.29) is 12.1 Å². The molecule has 0 saturated heterocycles. The van der Waals surface area contributed by atoms with Gasteiger partial charge in [-0.2, -0.15) is 13.2 Å². The van der Waals surface area contributed by atoms with Gasteiger partial charge >= 0.3 is 6.18 Å². The van der Waals surface area contributed by atoms with Gasteiger partial charge in [-0.25, -0.2) is 0 Å². The van der Waals surface area contributed by atoms with Crippen LogP contribution in [0.2, 0.25) is 0 Å². The summed E-state index contributed by atoms with van der Waals surface area (Å²) in [6.45, 7) is 1.55. The Labute approximate surface area is 73.0 Å². The second-order valence-corrected chi connectivity index (χ2v) is 2.50. The van der Waals surface area contributed by atoms with E-state index in [1.165, 1.54) is 0 Å². The number of nitrogens with zero attached hydrogens (tertiary/aromatic N) is 1. The predicted octanol–water partition coefficient (Wildman–Crippen LogP) is 2.37. The Morgan fingerprint density at radius 2 is 2.08 bits per heavy atom. The summed E-state index contributed by atoms with van der Waals surface area (Å²) in [4.78, 5) is 3.54. The average Bonchev–Trinajstić information content (AvgIpc) is 2.01. The van der Waals surface area contributed by atoms with Gasteiger partial charge in [-0.3, -0.25) is 4.98 Å². The molecule has 0 atom stereocenters. The van der Waals surface area contributed by atoms with E-state index in [1.807, 2.05) is 0 Å². The fourth-order valence-electron chi connectivity index (χ4n) is 1.07. The number of aromatic nitrogens is 1. The second-order valence-electron chi connectivity index (χ2n) is 2.50. The number of aromatic hydroxyl groups is 1. The van der Waals surface area contributed by atoms with Gasteiger partial charge in [0.2, 0.25) is 0 Å². The van der Waals surface area contributed by atoms with Gasteiger partial charge in [0.05, 0.1) is 5.69 Å². The van der Waals surface area contributed by atoms with Crippen LogP contribution >= 0.6 is 0 Å². The standard InChI is InChI=1S/C8H8F3NO/c1-2-5-7(8(9,10)11)6(13)3-4-12-5/h3-4H,2H2,1H3,(H,12,13). The molecule has 72 valence electrons. The number of aryl methyl sites for hydroxylation is 1. The van der Waals surface area contributed by atoms with Crippen molar-refractivity contribution in [1.29, 1.82) is 0 Å². The predicted molar refractivity (Wildman–Crippen MR) is 40.3 cm³/mol. The first kappa shape index (κ1) is 9.83. The largest absolute Gasteiger partial charge is 0.507 e. The van der Waals surface area contributed by atoms with Gasteiger partial charge in [-0.1, -0.05) is 6.92 Å². The Kier molecular flexibility index (Phi) is 2.45. The number of rotatable bonds is 1. The van der Waals surface area contributed by atoms with Gasteiger partial charge in [0, 0.05) is 6.20 Å². The summed E-state index contributed by atoms with van der Waals surface area (Å²) in [5.74, 6) is -0.764. The maximum Gasteiger partial charge on any atom is 0.421 e. The third-order valence-corrected chi connectivity index (χ3v) is 1.63. The highest BCUT2D eigenvalue weighted by Crippen LogP contribution is 2.37. The quantitative estimate of drug-likeness (QED) is 0.739. The molecule has 1 heterocycles. The van der Waals surface area contributed by atoms with Crippen LogP contribution in [0.1, 0.15) is 18.2 Å². The lowest BCUT2D eigenvalue weighted by Gasteiger charge is -2.11. The molecule has 0 saturated carbocycles. The van der Waals surface area contributed by atoms with Crippen molar-refractivity contribution in [3.63, 3.8) is 0 Å².